The maximum atomic E-state index is 7.06. The van der Waals surface area contributed by atoms with E-state index in [1.807, 2.05) is 0 Å². The van der Waals surface area contributed by atoms with Gasteiger partial charge in [0.25, 0.3) is 0 Å². The SMILES string of the molecule is Nc1cccc2c1N(Cc1ccccc1)c1ccccc1C21c2ccccc2-c2c(-c3cc(C4=CC=CCC4)cc(-c4ccccc4)c3)cccc21. The molecule has 0 amide bonds. The van der Waals surface area contributed by atoms with Crippen molar-refractivity contribution in [2.45, 2.75) is 24.8 Å². The summed E-state index contributed by atoms with van der Waals surface area (Å²) in [5.41, 5.74) is 26.1. The van der Waals surface area contributed by atoms with Crippen LogP contribution in [-0.2, 0) is 12.0 Å². The summed E-state index contributed by atoms with van der Waals surface area (Å²) >= 11 is 0. The number of hydrogen-bond donors (Lipinski definition) is 1. The molecule has 2 nitrogen and oxygen atoms in total. The van der Waals surface area contributed by atoms with Gasteiger partial charge < -0.3 is 10.6 Å². The van der Waals surface area contributed by atoms with Crippen molar-refractivity contribution in [3.63, 3.8) is 0 Å². The fourth-order valence-corrected chi connectivity index (χ4v) is 9.15. The van der Waals surface area contributed by atoms with Crippen molar-refractivity contribution in [1.29, 1.82) is 0 Å². The first-order chi connectivity index (χ1) is 25.7. The van der Waals surface area contributed by atoms with Gasteiger partial charge in [-0.3, -0.25) is 0 Å². The van der Waals surface area contributed by atoms with Crippen LogP contribution in [0.2, 0.25) is 0 Å². The average molecular weight is 667 g/mol. The number of nitrogen functional groups attached to an aromatic ring is 1. The molecule has 2 N–H and O–H groups in total. The van der Waals surface area contributed by atoms with Crippen LogP contribution in [0, 0.1) is 0 Å². The van der Waals surface area contributed by atoms with Crippen molar-refractivity contribution in [3.05, 3.63) is 215 Å². The van der Waals surface area contributed by atoms with Crippen LogP contribution < -0.4 is 10.6 Å². The first-order valence-electron chi connectivity index (χ1n) is 18.3. The van der Waals surface area contributed by atoms with E-state index in [0.717, 1.165) is 30.8 Å². The highest BCUT2D eigenvalue weighted by molar-refractivity contribution is 6.00. The molecule has 7 aromatic rings. The number of nitrogens with zero attached hydrogens (tertiary/aromatic N) is 1. The third kappa shape index (κ3) is 4.57. The van der Waals surface area contributed by atoms with Crippen LogP contribution in [0.25, 0.3) is 39.0 Å². The van der Waals surface area contributed by atoms with Crippen LogP contribution in [0.3, 0.4) is 0 Å². The summed E-state index contributed by atoms with van der Waals surface area (Å²) in [6.07, 6.45) is 8.87. The lowest BCUT2D eigenvalue weighted by atomic mass is 9.64. The third-order valence-electron chi connectivity index (χ3n) is 11.3. The molecule has 0 radical (unpaired) electrons. The van der Waals surface area contributed by atoms with E-state index in [1.165, 1.54) is 78.0 Å². The Kier molecular flexibility index (Phi) is 7.11. The van der Waals surface area contributed by atoms with Crippen molar-refractivity contribution < 1.29 is 0 Å². The van der Waals surface area contributed by atoms with Gasteiger partial charge in [-0.05, 0) is 116 Å². The van der Waals surface area contributed by atoms with Gasteiger partial charge in [-0.25, -0.2) is 0 Å². The van der Waals surface area contributed by atoms with Crippen LogP contribution in [0.4, 0.5) is 17.1 Å². The molecule has 2 heteroatoms. The van der Waals surface area contributed by atoms with Gasteiger partial charge in [0.2, 0.25) is 0 Å². The second-order valence-electron chi connectivity index (χ2n) is 14.2. The molecular weight excluding hydrogens is 629 g/mol. The van der Waals surface area contributed by atoms with Crippen LogP contribution >= 0.6 is 0 Å². The van der Waals surface area contributed by atoms with Gasteiger partial charge in [0.15, 0.2) is 0 Å². The summed E-state index contributed by atoms with van der Waals surface area (Å²) in [4.78, 5) is 2.44. The van der Waals surface area contributed by atoms with Crippen molar-refractivity contribution in [3.8, 4) is 33.4 Å². The van der Waals surface area contributed by atoms with E-state index < -0.39 is 5.41 Å². The molecule has 10 rings (SSSR count). The second-order valence-corrected chi connectivity index (χ2v) is 14.2. The quantitative estimate of drug-likeness (QED) is 0.185. The number of anilines is 3. The lowest BCUT2D eigenvalue weighted by Gasteiger charge is -2.45. The molecule has 0 bridgehead atoms. The number of allylic oxidation sites excluding steroid dienone is 4. The fraction of sp³-hybridized carbons (Fsp3) is 0.0800. The minimum absolute atomic E-state index is 0.549. The molecule has 248 valence electrons. The van der Waals surface area contributed by atoms with E-state index in [9.17, 15) is 0 Å². The molecule has 1 spiro atoms. The van der Waals surface area contributed by atoms with E-state index >= 15 is 0 Å². The number of fused-ring (bicyclic) bond motifs is 9. The van der Waals surface area contributed by atoms with Gasteiger partial charge in [-0.2, -0.15) is 0 Å². The standard InChI is InChI=1S/C50H38N2/c51-46-28-15-27-45-49(46)52(33-34-16-4-1-5-17-34)47-29-13-12-25-43(47)50(45)42-24-11-10-22-41(42)48-40(23-14-26-44(48)50)39-31-37(35-18-6-2-7-19-35)30-38(32-39)36-20-8-3-9-21-36/h1-8,10-20,22-32H,9,21,33,51H2. The number of rotatable bonds is 5. The van der Waals surface area contributed by atoms with E-state index in [0.29, 0.717) is 0 Å². The maximum Gasteiger partial charge on any atom is 0.0755 e. The fourth-order valence-electron chi connectivity index (χ4n) is 9.15. The molecule has 3 aliphatic rings. The predicted octanol–water partition coefficient (Wildman–Crippen LogP) is 12.4. The van der Waals surface area contributed by atoms with Gasteiger partial charge in [0.05, 0.1) is 16.8 Å². The topological polar surface area (TPSA) is 29.3 Å². The Morgan fingerprint density at radius 1 is 0.538 bits per heavy atom. The molecule has 0 fully saturated rings. The minimum Gasteiger partial charge on any atom is -0.397 e. The lowest BCUT2D eigenvalue weighted by molar-refractivity contribution is 0.735. The van der Waals surface area contributed by atoms with Crippen molar-refractivity contribution in [1.82, 2.24) is 0 Å². The van der Waals surface area contributed by atoms with E-state index in [4.69, 9.17) is 5.73 Å². The van der Waals surface area contributed by atoms with E-state index in [1.54, 1.807) is 0 Å². The predicted molar refractivity (Wildman–Crippen MR) is 218 cm³/mol. The number of hydrogen-bond acceptors (Lipinski definition) is 2. The highest BCUT2D eigenvalue weighted by atomic mass is 15.2. The zero-order chi connectivity index (χ0) is 34.6. The zero-order valence-electron chi connectivity index (χ0n) is 29.0. The summed E-state index contributed by atoms with van der Waals surface area (Å²) < 4.78 is 0. The molecule has 7 aromatic carbocycles. The number of benzene rings is 7. The first kappa shape index (κ1) is 30.4. The Bertz CT molecular complexity index is 2560. The van der Waals surface area contributed by atoms with Crippen LogP contribution in [0.1, 0.15) is 46.2 Å². The average Bonchev–Trinajstić information content (AvgIpc) is 3.51. The second kappa shape index (κ2) is 12.1. The molecule has 0 saturated carbocycles. The first-order valence-corrected chi connectivity index (χ1v) is 18.3. The van der Waals surface area contributed by atoms with Crippen LogP contribution in [0.5, 0.6) is 0 Å². The van der Waals surface area contributed by atoms with Crippen LogP contribution in [0.15, 0.2) is 182 Å². The lowest BCUT2D eigenvalue weighted by Crippen LogP contribution is -2.38. The number of nitrogens with two attached hydrogens (primary N) is 1. The summed E-state index contributed by atoms with van der Waals surface area (Å²) in [7, 11) is 0. The minimum atomic E-state index is -0.549. The monoisotopic (exact) mass is 666 g/mol. The maximum absolute atomic E-state index is 7.06. The molecule has 1 heterocycles. The summed E-state index contributed by atoms with van der Waals surface area (Å²) in [5, 5.41) is 0. The normalized spacial score (nSPS) is 16.5. The van der Waals surface area contributed by atoms with Crippen molar-refractivity contribution in [2.24, 2.45) is 0 Å². The Hall–Kier alpha value is -6.38. The third-order valence-corrected chi connectivity index (χ3v) is 11.3. The molecule has 1 aliphatic heterocycles. The number of para-hydroxylation sites is 2. The molecule has 52 heavy (non-hydrogen) atoms. The summed E-state index contributed by atoms with van der Waals surface area (Å²) in [6, 6.07) is 60.2. The van der Waals surface area contributed by atoms with Gasteiger partial charge in [0, 0.05) is 12.2 Å². The Labute approximate surface area is 305 Å². The van der Waals surface area contributed by atoms with Crippen molar-refractivity contribution in [2.75, 3.05) is 10.6 Å². The van der Waals surface area contributed by atoms with Crippen LogP contribution in [-0.4, -0.2) is 0 Å². The molecule has 0 aromatic heterocycles. The molecule has 2 aliphatic carbocycles. The van der Waals surface area contributed by atoms with Gasteiger partial charge in [-0.15, -0.1) is 0 Å². The molecule has 1 atom stereocenters. The molecule has 0 saturated heterocycles. The van der Waals surface area contributed by atoms with E-state index in [2.05, 4.69) is 187 Å². The van der Waals surface area contributed by atoms with Gasteiger partial charge >= 0.3 is 0 Å². The Morgan fingerprint density at radius 3 is 2.02 bits per heavy atom. The zero-order valence-corrected chi connectivity index (χ0v) is 29.0. The smallest absolute Gasteiger partial charge is 0.0755 e. The Balaban J connectivity index is 1.26. The highest BCUT2D eigenvalue weighted by Gasteiger charge is 2.52. The molecule has 1 unspecified atom stereocenters. The Morgan fingerprint density at radius 2 is 1.19 bits per heavy atom. The van der Waals surface area contributed by atoms with E-state index in [-0.39, 0.29) is 0 Å². The summed E-state index contributed by atoms with van der Waals surface area (Å²) in [5.74, 6) is 0. The largest absolute Gasteiger partial charge is 0.397 e. The highest BCUT2D eigenvalue weighted by Crippen LogP contribution is 2.64. The van der Waals surface area contributed by atoms with Crippen molar-refractivity contribution >= 4 is 22.6 Å². The molecular formula is C50H38N2. The summed E-state index contributed by atoms with van der Waals surface area (Å²) in [6.45, 7) is 0.726. The van der Waals surface area contributed by atoms with Gasteiger partial charge in [0.1, 0.15) is 0 Å². The van der Waals surface area contributed by atoms with Gasteiger partial charge in [-0.1, -0.05) is 152 Å².